The third-order valence-electron chi connectivity index (χ3n) is 4.99. The van der Waals surface area contributed by atoms with Crippen molar-refractivity contribution in [3.8, 4) is 5.75 Å². The number of nitrogens with one attached hydrogen (secondary N) is 2. The zero-order chi connectivity index (χ0) is 21.2. The van der Waals surface area contributed by atoms with Crippen LogP contribution in [0, 0.1) is 0 Å². The Kier molecular flexibility index (Phi) is 10.7. The highest BCUT2D eigenvalue weighted by atomic mass is 127. The van der Waals surface area contributed by atoms with Gasteiger partial charge in [0.05, 0.1) is 0 Å². The zero-order valence-corrected chi connectivity index (χ0v) is 21.0. The van der Waals surface area contributed by atoms with Gasteiger partial charge >= 0.3 is 0 Å². The number of fused-ring (bicyclic) bond motifs is 1. The molecule has 0 saturated heterocycles. The van der Waals surface area contributed by atoms with E-state index in [4.69, 9.17) is 4.74 Å². The van der Waals surface area contributed by atoms with Crippen molar-refractivity contribution in [1.82, 2.24) is 20.1 Å². The molecule has 0 aliphatic carbocycles. The van der Waals surface area contributed by atoms with Crippen LogP contribution in [0.2, 0.25) is 0 Å². The van der Waals surface area contributed by atoms with Crippen LogP contribution in [0.5, 0.6) is 5.75 Å². The van der Waals surface area contributed by atoms with Gasteiger partial charge in [0.1, 0.15) is 12.4 Å². The topological polar surface area (TPSA) is 53.8 Å². The number of aryl methyl sites for hydroxylation is 1. The highest BCUT2D eigenvalue weighted by molar-refractivity contribution is 14.0. The monoisotopic (exact) mass is 535 g/mol. The lowest BCUT2D eigenvalue weighted by Gasteiger charge is -2.16. The fraction of sp³-hybridized carbons (Fsp3) is 0.375. The molecule has 3 rings (SSSR count). The van der Waals surface area contributed by atoms with Crippen LogP contribution >= 0.6 is 24.0 Å². The predicted molar refractivity (Wildman–Crippen MR) is 141 cm³/mol. The predicted octanol–water partition coefficient (Wildman–Crippen LogP) is 3.96. The van der Waals surface area contributed by atoms with Gasteiger partial charge in [0, 0.05) is 50.5 Å². The van der Waals surface area contributed by atoms with Crippen molar-refractivity contribution >= 4 is 40.8 Å². The second-order valence-electron chi connectivity index (χ2n) is 7.53. The van der Waals surface area contributed by atoms with Gasteiger partial charge in [0.25, 0.3) is 0 Å². The first-order valence-electron chi connectivity index (χ1n) is 10.5. The van der Waals surface area contributed by atoms with Crippen molar-refractivity contribution < 1.29 is 4.74 Å². The van der Waals surface area contributed by atoms with Crippen LogP contribution in [0.25, 0.3) is 10.9 Å². The summed E-state index contributed by atoms with van der Waals surface area (Å²) >= 11 is 0. The number of ether oxygens (including phenoxy) is 1. The first kappa shape index (κ1) is 25.0. The molecule has 3 aromatic rings. The third kappa shape index (κ3) is 7.74. The number of aromatic nitrogens is 1. The normalized spacial score (nSPS) is 11.4. The molecule has 6 nitrogen and oxygen atoms in total. The average molecular weight is 535 g/mol. The van der Waals surface area contributed by atoms with Crippen LogP contribution in [0.3, 0.4) is 0 Å². The van der Waals surface area contributed by atoms with Gasteiger partial charge in [-0.3, -0.25) is 4.99 Å². The van der Waals surface area contributed by atoms with Gasteiger partial charge < -0.3 is 24.8 Å². The molecule has 31 heavy (non-hydrogen) atoms. The molecule has 1 heterocycles. The van der Waals surface area contributed by atoms with Crippen LogP contribution in [-0.2, 0) is 13.1 Å². The lowest BCUT2D eigenvalue weighted by atomic mass is 10.2. The van der Waals surface area contributed by atoms with E-state index in [9.17, 15) is 0 Å². The Labute approximate surface area is 202 Å². The van der Waals surface area contributed by atoms with Crippen molar-refractivity contribution in [3.05, 3.63) is 66.4 Å². The summed E-state index contributed by atoms with van der Waals surface area (Å²) in [5.41, 5.74) is 2.41. The van der Waals surface area contributed by atoms with E-state index in [1.165, 1.54) is 10.9 Å². The summed E-state index contributed by atoms with van der Waals surface area (Å²) in [6.45, 7) is 4.06. The molecular formula is C24H34IN5O. The molecule has 0 saturated carbocycles. The Morgan fingerprint density at radius 3 is 2.61 bits per heavy atom. The van der Waals surface area contributed by atoms with Crippen LogP contribution < -0.4 is 15.4 Å². The fourth-order valence-corrected chi connectivity index (χ4v) is 3.32. The number of hydrogen-bond acceptors (Lipinski definition) is 3. The number of benzene rings is 2. The summed E-state index contributed by atoms with van der Waals surface area (Å²) < 4.78 is 8.24. The van der Waals surface area contributed by atoms with Crippen molar-refractivity contribution in [2.45, 2.75) is 19.5 Å². The Bertz CT molecular complexity index is 954. The summed E-state index contributed by atoms with van der Waals surface area (Å²) in [5.74, 6) is 1.72. The van der Waals surface area contributed by atoms with Crippen molar-refractivity contribution in [2.24, 2.45) is 4.99 Å². The average Bonchev–Trinajstić information content (AvgIpc) is 3.17. The van der Waals surface area contributed by atoms with E-state index >= 15 is 0 Å². The van der Waals surface area contributed by atoms with Gasteiger partial charge in [0.15, 0.2) is 5.96 Å². The van der Waals surface area contributed by atoms with Crippen LogP contribution in [0.1, 0.15) is 12.0 Å². The van der Waals surface area contributed by atoms with Crippen LogP contribution in [0.4, 0.5) is 0 Å². The third-order valence-corrected chi connectivity index (χ3v) is 4.99. The summed E-state index contributed by atoms with van der Waals surface area (Å²) in [5, 5.41) is 8.08. The van der Waals surface area contributed by atoms with E-state index < -0.39 is 0 Å². The number of hydrogen-bond donors (Lipinski definition) is 2. The molecular weight excluding hydrogens is 501 g/mol. The zero-order valence-electron chi connectivity index (χ0n) is 18.7. The maximum absolute atomic E-state index is 5.94. The van der Waals surface area contributed by atoms with Crippen LogP contribution in [0.15, 0.2) is 65.8 Å². The summed E-state index contributed by atoms with van der Waals surface area (Å²) in [6, 6.07) is 18.8. The van der Waals surface area contributed by atoms with E-state index in [1.54, 1.807) is 7.05 Å². The van der Waals surface area contributed by atoms with Crippen LogP contribution in [-0.4, -0.2) is 56.3 Å². The summed E-state index contributed by atoms with van der Waals surface area (Å²) in [4.78, 5) is 6.46. The SMILES string of the molecule is CN=C(NCCCn1ccc2ccccc21)NCc1ccccc1OCCN(C)C.I. The number of aliphatic imine (C=N–C) groups is 1. The maximum Gasteiger partial charge on any atom is 0.191 e. The van der Waals surface area contributed by atoms with E-state index in [0.717, 1.165) is 43.3 Å². The van der Waals surface area contributed by atoms with Gasteiger partial charge in [-0.05, 0) is 44.1 Å². The van der Waals surface area contributed by atoms with E-state index in [0.29, 0.717) is 13.2 Å². The Morgan fingerprint density at radius 2 is 1.81 bits per heavy atom. The molecule has 1 aromatic heterocycles. The molecule has 0 unspecified atom stereocenters. The number of likely N-dealkylation sites (N-methyl/N-ethyl adjacent to an activating group) is 1. The molecule has 0 aliphatic rings. The van der Waals surface area contributed by atoms with Gasteiger partial charge in [-0.25, -0.2) is 0 Å². The minimum Gasteiger partial charge on any atom is -0.492 e. The first-order valence-corrected chi connectivity index (χ1v) is 10.5. The number of rotatable bonds is 10. The molecule has 0 radical (unpaired) electrons. The summed E-state index contributed by atoms with van der Waals surface area (Å²) in [7, 11) is 5.89. The van der Waals surface area contributed by atoms with Gasteiger partial charge in [-0.1, -0.05) is 36.4 Å². The van der Waals surface area contributed by atoms with E-state index in [1.807, 2.05) is 32.3 Å². The summed E-state index contributed by atoms with van der Waals surface area (Å²) in [6.07, 6.45) is 3.18. The van der Waals surface area contributed by atoms with Gasteiger partial charge in [-0.15, -0.1) is 24.0 Å². The molecule has 0 atom stereocenters. The largest absolute Gasteiger partial charge is 0.492 e. The molecule has 0 fully saturated rings. The highest BCUT2D eigenvalue weighted by Crippen LogP contribution is 2.18. The molecule has 7 heteroatoms. The van der Waals surface area contributed by atoms with E-state index in [-0.39, 0.29) is 24.0 Å². The first-order chi connectivity index (χ1) is 14.7. The molecule has 168 valence electrons. The second kappa shape index (κ2) is 13.2. The lowest BCUT2D eigenvalue weighted by molar-refractivity contribution is 0.259. The molecule has 0 bridgehead atoms. The van der Waals surface area contributed by atoms with Crippen molar-refractivity contribution in [2.75, 3.05) is 40.8 Å². The number of guanidine groups is 1. The Morgan fingerprint density at radius 1 is 1.03 bits per heavy atom. The molecule has 2 N–H and O–H groups in total. The molecule has 0 spiro atoms. The minimum atomic E-state index is 0. The quantitative estimate of drug-likeness (QED) is 0.179. The highest BCUT2D eigenvalue weighted by Gasteiger charge is 2.05. The number of para-hydroxylation sites is 2. The minimum absolute atomic E-state index is 0. The van der Waals surface area contributed by atoms with Crippen molar-refractivity contribution in [1.29, 1.82) is 0 Å². The van der Waals surface area contributed by atoms with Gasteiger partial charge in [0.2, 0.25) is 0 Å². The smallest absolute Gasteiger partial charge is 0.191 e. The number of halogens is 1. The lowest BCUT2D eigenvalue weighted by Crippen LogP contribution is -2.37. The maximum atomic E-state index is 5.94. The Hall–Kier alpha value is -2.26. The Balaban J connectivity index is 0.00000341. The molecule has 0 amide bonds. The molecule has 0 aliphatic heterocycles. The second-order valence-corrected chi connectivity index (χ2v) is 7.53. The fourth-order valence-electron chi connectivity index (χ4n) is 3.32. The van der Waals surface area contributed by atoms with Gasteiger partial charge in [-0.2, -0.15) is 0 Å². The standard InChI is InChI=1S/C24H33N5O.HI/c1-25-24(26-14-8-15-29-16-13-20-9-4-6-11-22(20)29)27-19-21-10-5-7-12-23(21)30-18-17-28(2)3;/h4-7,9-13,16H,8,14-15,17-19H2,1-3H3,(H2,25,26,27);1H. The van der Waals surface area contributed by atoms with Crippen molar-refractivity contribution in [3.63, 3.8) is 0 Å². The number of nitrogens with zero attached hydrogens (tertiary/aromatic N) is 3. The van der Waals surface area contributed by atoms with E-state index in [2.05, 4.69) is 67.7 Å². The molecule has 2 aromatic carbocycles.